The van der Waals surface area contributed by atoms with Gasteiger partial charge in [-0.1, -0.05) is 97.8 Å². The third-order valence-corrected chi connectivity index (χ3v) is 6.21. The van der Waals surface area contributed by atoms with E-state index in [-0.39, 0.29) is 5.91 Å². The Labute approximate surface area is 215 Å². The molecule has 1 atom stereocenters. The van der Waals surface area contributed by atoms with Crippen LogP contribution < -0.4 is 5.73 Å². The van der Waals surface area contributed by atoms with Gasteiger partial charge in [0.05, 0.1) is 19.8 Å². The van der Waals surface area contributed by atoms with Crippen LogP contribution in [-0.2, 0) is 19.1 Å². The first-order chi connectivity index (χ1) is 16.9. The number of hydrogen-bond donors (Lipinski definition) is 2. The Morgan fingerprint density at radius 2 is 1.37 bits per heavy atom. The van der Waals surface area contributed by atoms with E-state index >= 15 is 0 Å². The fraction of sp³-hybridized carbons (Fsp3) is 0.929. The summed E-state index contributed by atoms with van der Waals surface area (Å²) >= 11 is 0. The molecule has 1 unspecified atom stereocenters. The highest BCUT2D eigenvalue weighted by atomic mass is 16.5. The maximum atomic E-state index is 11.2. The number of aliphatic hydroxyl groups is 1. The second-order valence-corrected chi connectivity index (χ2v) is 10.2. The van der Waals surface area contributed by atoms with Crippen molar-refractivity contribution < 1.29 is 24.2 Å². The summed E-state index contributed by atoms with van der Waals surface area (Å²) < 4.78 is 10.0. The van der Waals surface area contributed by atoms with Gasteiger partial charge in [-0.3, -0.25) is 9.69 Å². The van der Waals surface area contributed by atoms with Crippen LogP contribution in [0.5, 0.6) is 0 Å². The van der Waals surface area contributed by atoms with E-state index in [2.05, 4.69) is 13.8 Å². The normalized spacial score (nSPS) is 14.9. The summed E-state index contributed by atoms with van der Waals surface area (Å²) in [5.74, 6) is 0.194. The molecule has 7 heteroatoms. The van der Waals surface area contributed by atoms with Crippen molar-refractivity contribution in [2.45, 2.75) is 123 Å². The second-order valence-electron chi connectivity index (χ2n) is 10.2. The number of amides is 1. The highest BCUT2D eigenvalue weighted by Crippen LogP contribution is 2.14. The third-order valence-electron chi connectivity index (χ3n) is 6.21. The molecular weight excluding hydrogens is 444 g/mol. The van der Waals surface area contributed by atoms with Gasteiger partial charge in [-0.2, -0.15) is 0 Å². The van der Waals surface area contributed by atoms with Crippen molar-refractivity contribution in [1.82, 2.24) is 4.90 Å². The van der Waals surface area contributed by atoms with E-state index in [9.17, 15) is 14.7 Å². The standard InChI is InChI=1S/C18H37NO.C10H19NO4/c1-17(2)15-13-11-9-7-5-3-4-6-8-10-12-14-16-18(19)20;1-2-5-15-10(13)9(12)8-11-3-6-14-7-4-11/h17H,3-16H2,1-2H3,(H2,19,20);9,12H,2-8H2,1H3. The van der Waals surface area contributed by atoms with Crippen LogP contribution in [0.3, 0.4) is 0 Å². The molecule has 1 fully saturated rings. The first-order valence-electron chi connectivity index (χ1n) is 14.3. The fourth-order valence-corrected chi connectivity index (χ4v) is 4.02. The number of carbonyl (C=O) groups excluding carboxylic acids is 2. The van der Waals surface area contributed by atoms with E-state index in [1.165, 1.54) is 77.0 Å². The van der Waals surface area contributed by atoms with Gasteiger partial charge in [0, 0.05) is 26.1 Å². The average Bonchev–Trinajstić information content (AvgIpc) is 2.83. The largest absolute Gasteiger partial charge is 0.464 e. The van der Waals surface area contributed by atoms with E-state index in [0.717, 1.165) is 31.8 Å². The van der Waals surface area contributed by atoms with Gasteiger partial charge in [0.25, 0.3) is 0 Å². The molecule has 0 radical (unpaired) electrons. The lowest BCUT2D eigenvalue weighted by Crippen LogP contribution is -2.43. The zero-order valence-electron chi connectivity index (χ0n) is 23.1. The van der Waals surface area contributed by atoms with Gasteiger partial charge in [-0.25, -0.2) is 4.79 Å². The highest BCUT2D eigenvalue weighted by molar-refractivity contribution is 5.74. The van der Waals surface area contributed by atoms with Crippen LogP contribution in [0.4, 0.5) is 0 Å². The Morgan fingerprint density at radius 3 is 1.83 bits per heavy atom. The molecule has 1 heterocycles. The Hall–Kier alpha value is -1.18. The van der Waals surface area contributed by atoms with Gasteiger partial charge in [-0.15, -0.1) is 0 Å². The van der Waals surface area contributed by atoms with Gasteiger partial charge in [0.2, 0.25) is 5.91 Å². The predicted octanol–water partition coefficient (Wildman–Crippen LogP) is 5.22. The number of carbonyl (C=O) groups is 2. The van der Waals surface area contributed by atoms with Crippen molar-refractivity contribution in [1.29, 1.82) is 0 Å². The summed E-state index contributed by atoms with van der Waals surface area (Å²) in [5, 5.41) is 9.54. The first-order valence-corrected chi connectivity index (χ1v) is 14.3. The van der Waals surface area contributed by atoms with Crippen molar-refractivity contribution in [2.75, 3.05) is 39.5 Å². The molecule has 7 nitrogen and oxygen atoms in total. The topological polar surface area (TPSA) is 102 Å². The summed E-state index contributed by atoms with van der Waals surface area (Å²) in [6.45, 7) is 10.1. The van der Waals surface area contributed by atoms with E-state index in [4.69, 9.17) is 15.2 Å². The van der Waals surface area contributed by atoms with Crippen molar-refractivity contribution in [3.05, 3.63) is 0 Å². The van der Waals surface area contributed by atoms with Crippen molar-refractivity contribution in [3.63, 3.8) is 0 Å². The van der Waals surface area contributed by atoms with E-state index in [1.807, 2.05) is 11.8 Å². The van der Waals surface area contributed by atoms with Crippen LogP contribution >= 0.6 is 0 Å². The lowest BCUT2D eigenvalue weighted by atomic mass is 10.0. The minimum atomic E-state index is -1.03. The number of nitrogens with zero attached hydrogens (tertiary/aromatic N) is 1. The first kappa shape index (κ1) is 33.8. The smallest absolute Gasteiger partial charge is 0.336 e. The van der Waals surface area contributed by atoms with Crippen LogP contribution in [0.2, 0.25) is 0 Å². The van der Waals surface area contributed by atoms with Crippen LogP contribution in [0.25, 0.3) is 0 Å². The molecule has 0 aliphatic carbocycles. The lowest BCUT2D eigenvalue weighted by molar-refractivity contribution is -0.155. The molecule has 3 N–H and O–H groups in total. The van der Waals surface area contributed by atoms with Crippen LogP contribution in [-0.4, -0.2) is 67.4 Å². The maximum absolute atomic E-state index is 11.2. The quantitative estimate of drug-likeness (QED) is 0.175. The molecule has 0 aromatic heterocycles. The molecule has 0 aromatic rings. The lowest BCUT2D eigenvalue weighted by Gasteiger charge is -2.27. The molecule has 0 bridgehead atoms. The molecule has 208 valence electrons. The van der Waals surface area contributed by atoms with E-state index < -0.39 is 12.1 Å². The molecule has 1 rings (SSSR count). The number of aliphatic hydroxyl groups excluding tert-OH is 1. The van der Waals surface area contributed by atoms with Gasteiger partial charge in [-0.05, 0) is 18.8 Å². The molecule has 0 aromatic carbocycles. The maximum Gasteiger partial charge on any atom is 0.336 e. The molecular formula is C28H56N2O5. The molecule has 0 spiro atoms. The molecule has 1 aliphatic heterocycles. The number of nitrogens with two attached hydrogens (primary N) is 1. The highest BCUT2D eigenvalue weighted by Gasteiger charge is 2.21. The number of unbranched alkanes of at least 4 members (excludes halogenated alkanes) is 11. The predicted molar refractivity (Wildman–Crippen MR) is 143 cm³/mol. The average molecular weight is 501 g/mol. The molecule has 0 saturated carbocycles. The van der Waals surface area contributed by atoms with Crippen molar-refractivity contribution in [3.8, 4) is 0 Å². The molecule has 1 aliphatic rings. The molecule has 1 saturated heterocycles. The van der Waals surface area contributed by atoms with E-state index in [0.29, 0.717) is 32.8 Å². The monoisotopic (exact) mass is 500 g/mol. The fourth-order valence-electron chi connectivity index (χ4n) is 4.02. The summed E-state index contributed by atoms with van der Waals surface area (Å²) in [7, 11) is 0. The Bertz CT molecular complexity index is 496. The molecule has 35 heavy (non-hydrogen) atoms. The number of hydrogen-bond acceptors (Lipinski definition) is 6. The summed E-state index contributed by atoms with van der Waals surface area (Å²) in [6, 6.07) is 0. The van der Waals surface area contributed by atoms with Crippen molar-refractivity contribution in [2.24, 2.45) is 11.7 Å². The Kier molecular flexibility index (Phi) is 23.7. The second kappa shape index (κ2) is 24.5. The van der Waals surface area contributed by atoms with Crippen LogP contribution in [0.15, 0.2) is 0 Å². The zero-order chi connectivity index (χ0) is 26.2. The number of ether oxygens (including phenoxy) is 2. The minimum Gasteiger partial charge on any atom is -0.464 e. The van der Waals surface area contributed by atoms with Gasteiger partial charge in [0.1, 0.15) is 0 Å². The van der Waals surface area contributed by atoms with Crippen molar-refractivity contribution >= 4 is 11.9 Å². The number of esters is 1. The number of morpholine rings is 1. The van der Waals surface area contributed by atoms with Crippen LogP contribution in [0, 0.1) is 5.92 Å². The Morgan fingerprint density at radius 1 is 0.886 bits per heavy atom. The number of rotatable bonds is 20. The minimum absolute atomic E-state index is 0.154. The third kappa shape index (κ3) is 24.3. The zero-order valence-corrected chi connectivity index (χ0v) is 23.1. The van der Waals surface area contributed by atoms with E-state index in [1.54, 1.807) is 0 Å². The van der Waals surface area contributed by atoms with Gasteiger partial charge < -0.3 is 20.3 Å². The summed E-state index contributed by atoms with van der Waals surface area (Å²) in [6.07, 6.45) is 17.7. The van der Waals surface area contributed by atoms with Crippen LogP contribution in [0.1, 0.15) is 117 Å². The van der Waals surface area contributed by atoms with Gasteiger partial charge >= 0.3 is 5.97 Å². The number of primary amides is 1. The Balaban J connectivity index is 0.000000686. The SMILES string of the molecule is CC(C)CCCCCCCCCCCCCCC(N)=O.CCCOC(=O)C(O)CN1CCOCC1. The van der Waals surface area contributed by atoms with Gasteiger partial charge in [0.15, 0.2) is 6.10 Å². The number of β-amino-alcohol motifs (C(OH)–C–C–N with tert-alkyl or cyclic N) is 1. The summed E-state index contributed by atoms with van der Waals surface area (Å²) in [4.78, 5) is 23.8. The summed E-state index contributed by atoms with van der Waals surface area (Å²) in [5.41, 5.74) is 5.11. The molecule has 1 amide bonds.